The monoisotopic (exact) mass is 338 g/mol. The fourth-order valence-electron chi connectivity index (χ4n) is 7.05. The van der Waals surface area contributed by atoms with Gasteiger partial charge >= 0.3 is 0 Å². The second-order valence-electron chi connectivity index (χ2n) is 9.46. The summed E-state index contributed by atoms with van der Waals surface area (Å²) in [5.74, 6) is 2.33. The molecule has 1 aliphatic heterocycles. The molecular weight excluding hydrogens is 308 g/mol. The fraction of sp³-hybridized carbons (Fsp3) is 0.727. The summed E-state index contributed by atoms with van der Waals surface area (Å²) in [5, 5.41) is 10.1. The van der Waals surface area contributed by atoms with Crippen LogP contribution in [0, 0.1) is 28.6 Å². The second-order valence-corrected chi connectivity index (χ2v) is 9.46. The van der Waals surface area contributed by atoms with Gasteiger partial charge in [0, 0.05) is 6.21 Å². The average molecular weight is 338 g/mol. The van der Waals surface area contributed by atoms with Crippen LogP contribution in [0.2, 0.25) is 0 Å². The molecule has 3 nitrogen and oxygen atoms in total. The minimum atomic E-state index is -0.107. The molecule has 134 valence electrons. The van der Waals surface area contributed by atoms with Crippen molar-refractivity contribution in [2.75, 3.05) is 6.67 Å². The Morgan fingerprint density at radius 3 is 2.68 bits per heavy atom. The van der Waals surface area contributed by atoms with E-state index in [9.17, 15) is 5.11 Å². The quantitative estimate of drug-likeness (QED) is 0.711. The number of aliphatic imine (C=N–C) groups is 2. The summed E-state index contributed by atoms with van der Waals surface area (Å²) in [6.07, 6.45) is 15.0. The lowest BCUT2D eigenvalue weighted by Crippen LogP contribution is -2.50. The van der Waals surface area contributed by atoms with E-state index in [2.05, 4.69) is 36.0 Å². The van der Waals surface area contributed by atoms with Crippen molar-refractivity contribution >= 4 is 11.9 Å². The maximum absolute atomic E-state index is 10.1. The van der Waals surface area contributed by atoms with E-state index >= 15 is 0 Å². The van der Waals surface area contributed by atoms with Gasteiger partial charge in [-0.1, -0.05) is 31.6 Å². The molecule has 1 N–H and O–H groups in total. The van der Waals surface area contributed by atoms with Crippen LogP contribution in [0.4, 0.5) is 0 Å². The number of hydrogen-bond acceptors (Lipinski definition) is 3. The first-order chi connectivity index (χ1) is 12.0. The minimum absolute atomic E-state index is 0.107. The van der Waals surface area contributed by atoms with E-state index in [0.717, 1.165) is 36.3 Å². The van der Waals surface area contributed by atoms with Crippen LogP contribution < -0.4 is 0 Å². The third kappa shape index (κ3) is 2.14. The predicted octanol–water partition coefficient (Wildman–Crippen LogP) is 4.33. The van der Waals surface area contributed by atoms with E-state index in [4.69, 9.17) is 0 Å². The Morgan fingerprint density at radius 2 is 1.88 bits per heavy atom. The summed E-state index contributed by atoms with van der Waals surface area (Å²) < 4.78 is 0. The highest BCUT2D eigenvalue weighted by Crippen LogP contribution is 2.65. The number of hydrogen-bond donors (Lipinski definition) is 1. The zero-order valence-corrected chi connectivity index (χ0v) is 15.5. The van der Waals surface area contributed by atoms with Gasteiger partial charge in [0.2, 0.25) is 0 Å². The van der Waals surface area contributed by atoms with Crippen LogP contribution in [0.25, 0.3) is 0 Å². The van der Waals surface area contributed by atoms with E-state index in [0.29, 0.717) is 12.1 Å². The van der Waals surface area contributed by atoms with Crippen molar-refractivity contribution < 1.29 is 5.11 Å². The van der Waals surface area contributed by atoms with Crippen molar-refractivity contribution in [2.45, 2.75) is 64.9 Å². The molecule has 0 spiro atoms. The molecule has 0 bridgehead atoms. The normalized spacial score (nSPS) is 48.2. The molecule has 5 aliphatic rings. The summed E-state index contributed by atoms with van der Waals surface area (Å²) in [7, 11) is 0. The van der Waals surface area contributed by atoms with Gasteiger partial charge in [-0.05, 0) is 79.1 Å². The maximum Gasteiger partial charge on any atom is 0.130 e. The van der Waals surface area contributed by atoms with Crippen LogP contribution in [0.15, 0.2) is 33.3 Å². The SMILES string of the molecule is C[C@]12CC[C@H](O)CC1=CCC1C2CC[C@]2(C)C(C3=NCN=C3)=CCC12. The zero-order valence-electron chi connectivity index (χ0n) is 15.5. The zero-order chi connectivity index (χ0) is 17.2. The van der Waals surface area contributed by atoms with Crippen LogP contribution >= 0.6 is 0 Å². The lowest BCUT2D eigenvalue weighted by Gasteiger charge is -2.57. The molecule has 0 aromatic heterocycles. The Balaban J connectivity index is 1.47. The highest BCUT2D eigenvalue weighted by Gasteiger charge is 2.57. The van der Waals surface area contributed by atoms with Crippen molar-refractivity contribution in [2.24, 2.45) is 38.6 Å². The molecule has 3 unspecified atom stereocenters. The lowest BCUT2D eigenvalue weighted by molar-refractivity contribution is -0.0278. The average Bonchev–Trinajstić information content (AvgIpc) is 3.22. The molecule has 0 saturated heterocycles. The smallest absolute Gasteiger partial charge is 0.130 e. The standard InChI is InChI=1S/C22H30N2O/c1-21-9-7-15(25)11-14(21)3-4-16-17-5-6-19(20-12-23-13-24-20)22(17,2)10-8-18(16)21/h3,6,12,15-18,25H,4-5,7-11,13H2,1-2H3/t15-,16?,17?,18?,21-,22-/m0/s1. The molecule has 0 aromatic rings. The van der Waals surface area contributed by atoms with Gasteiger partial charge in [0.1, 0.15) is 6.67 Å². The summed E-state index contributed by atoms with van der Waals surface area (Å²) in [4.78, 5) is 8.96. The molecule has 5 rings (SSSR count). The Kier molecular flexibility index (Phi) is 3.45. The van der Waals surface area contributed by atoms with Crippen molar-refractivity contribution in [1.82, 2.24) is 0 Å². The number of rotatable bonds is 1. The highest BCUT2D eigenvalue weighted by atomic mass is 16.3. The van der Waals surface area contributed by atoms with Gasteiger partial charge in [-0.3, -0.25) is 9.98 Å². The van der Waals surface area contributed by atoms with E-state index in [1.165, 1.54) is 37.7 Å². The molecule has 0 amide bonds. The van der Waals surface area contributed by atoms with E-state index in [-0.39, 0.29) is 11.5 Å². The maximum atomic E-state index is 10.1. The Labute approximate surface area is 151 Å². The van der Waals surface area contributed by atoms with E-state index in [1.54, 1.807) is 5.57 Å². The Hall–Kier alpha value is -1.22. The number of allylic oxidation sites excluding steroid dienone is 3. The van der Waals surface area contributed by atoms with Crippen LogP contribution in [0.1, 0.15) is 58.8 Å². The van der Waals surface area contributed by atoms with Gasteiger partial charge in [-0.15, -0.1) is 0 Å². The summed E-state index contributed by atoms with van der Waals surface area (Å²) in [6.45, 7) is 5.61. The molecule has 2 saturated carbocycles. The first kappa shape index (κ1) is 16.0. The number of nitrogens with zero attached hydrogens (tertiary/aromatic N) is 2. The van der Waals surface area contributed by atoms with Crippen LogP contribution in [0.5, 0.6) is 0 Å². The van der Waals surface area contributed by atoms with Gasteiger partial charge in [0.15, 0.2) is 0 Å². The molecule has 1 heterocycles. The van der Waals surface area contributed by atoms with E-state index in [1.807, 2.05) is 6.21 Å². The third-order valence-electron chi connectivity index (χ3n) is 8.47. The van der Waals surface area contributed by atoms with Crippen molar-refractivity contribution in [3.05, 3.63) is 23.3 Å². The third-order valence-corrected chi connectivity index (χ3v) is 8.47. The van der Waals surface area contributed by atoms with Crippen molar-refractivity contribution in [3.8, 4) is 0 Å². The number of aliphatic hydroxyl groups is 1. The largest absolute Gasteiger partial charge is 0.393 e. The van der Waals surface area contributed by atoms with Crippen LogP contribution in [0.3, 0.4) is 0 Å². The second kappa shape index (κ2) is 5.39. The number of aliphatic hydroxyl groups excluding tert-OH is 1. The summed E-state index contributed by atoms with van der Waals surface area (Å²) >= 11 is 0. The topological polar surface area (TPSA) is 45.0 Å². The highest BCUT2D eigenvalue weighted by molar-refractivity contribution is 6.39. The first-order valence-corrected chi connectivity index (χ1v) is 10.2. The van der Waals surface area contributed by atoms with Crippen LogP contribution in [-0.2, 0) is 0 Å². The molecular formula is C22H30N2O. The molecule has 2 fully saturated rings. The Morgan fingerprint density at radius 1 is 1.04 bits per heavy atom. The summed E-state index contributed by atoms with van der Waals surface area (Å²) in [5.41, 5.74) is 4.82. The number of fused-ring (bicyclic) bond motifs is 5. The molecule has 25 heavy (non-hydrogen) atoms. The van der Waals surface area contributed by atoms with Gasteiger partial charge < -0.3 is 5.11 Å². The lowest BCUT2D eigenvalue weighted by atomic mass is 9.47. The minimum Gasteiger partial charge on any atom is -0.393 e. The van der Waals surface area contributed by atoms with Gasteiger partial charge in [0.05, 0.1) is 11.8 Å². The van der Waals surface area contributed by atoms with Crippen molar-refractivity contribution in [3.63, 3.8) is 0 Å². The van der Waals surface area contributed by atoms with Crippen molar-refractivity contribution in [1.29, 1.82) is 0 Å². The molecule has 0 aromatic carbocycles. The molecule has 4 aliphatic carbocycles. The van der Waals surface area contributed by atoms with Crippen LogP contribution in [-0.4, -0.2) is 29.8 Å². The van der Waals surface area contributed by atoms with Gasteiger partial charge in [0.25, 0.3) is 0 Å². The van der Waals surface area contributed by atoms with E-state index < -0.39 is 0 Å². The molecule has 6 atom stereocenters. The van der Waals surface area contributed by atoms with Gasteiger partial charge in [-0.2, -0.15) is 0 Å². The molecule has 0 radical (unpaired) electrons. The summed E-state index contributed by atoms with van der Waals surface area (Å²) in [6, 6.07) is 0. The Bertz CT molecular complexity index is 718. The predicted molar refractivity (Wildman–Crippen MR) is 102 cm³/mol. The first-order valence-electron chi connectivity index (χ1n) is 10.2. The fourth-order valence-corrected chi connectivity index (χ4v) is 7.05. The molecule has 3 heteroatoms. The van der Waals surface area contributed by atoms with Gasteiger partial charge in [-0.25, -0.2) is 0 Å².